The summed E-state index contributed by atoms with van der Waals surface area (Å²) in [6, 6.07) is 0. The average Bonchev–Trinajstić information content (AvgIpc) is 2.51. The lowest BCUT2D eigenvalue weighted by atomic mass is 9.56. The first kappa shape index (κ1) is 17.4. The molecule has 1 heterocycles. The van der Waals surface area contributed by atoms with Crippen molar-refractivity contribution in [3.63, 3.8) is 0 Å². The van der Waals surface area contributed by atoms with Gasteiger partial charge in [-0.1, -0.05) is 0 Å². The molecule has 6 heteroatoms. The first-order chi connectivity index (χ1) is 11.9. The van der Waals surface area contributed by atoms with Gasteiger partial charge in [-0.15, -0.1) is 11.8 Å². The second-order valence-electron chi connectivity index (χ2n) is 8.22. The van der Waals surface area contributed by atoms with Gasteiger partial charge < -0.3 is 9.84 Å². The summed E-state index contributed by atoms with van der Waals surface area (Å²) in [5, 5.41) is 10.5. The highest BCUT2D eigenvalue weighted by atomic mass is 32.2. The maximum Gasteiger partial charge on any atom is 0.303 e. The van der Waals surface area contributed by atoms with Gasteiger partial charge in [0.1, 0.15) is 17.7 Å². The molecular weight excluding hydrogens is 338 g/mol. The maximum absolute atomic E-state index is 12.2. The van der Waals surface area contributed by atoms with E-state index >= 15 is 0 Å². The second-order valence-corrected chi connectivity index (χ2v) is 9.52. The third kappa shape index (κ3) is 3.23. The highest BCUT2D eigenvalue weighted by molar-refractivity contribution is 8.00. The monoisotopic (exact) mass is 365 g/mol. The molecule has 5 nitrogen and oxygen atoms in total. The summed E-state index contributed by atoms with van der Waals surface area (Å²) in [4.78, 5) is 25.2. The third-order valence-corrected chi connectivity index (χ3v) is 8.27. The summed E-state index contributed by atoms with van der Waals surface area (Å²) in [5.41, 5.74) is 0. The van der Waals surface area contributed by atoms with E-state index in [0.29, 0.717) is 17.1 Å². The number of aliphatic hydroxyl groups is 1. The van der Waals surface area contributed by atoms with E-state index in [1.807, 2.05) is 0 Å². The van der Waals surface area contributed by atoms with Gasteiger partial charge in [-0.05, 0) is 67.9 Å². The Morgan fingerprint density at radius 1 is 1.04 bits per heavy atom. The normalized spacial score (nSPS) is 44.8. The Kier molecular flexibility index (Phi) is 4.61. The van der Waals surface area contributed by atoms with Crippen LogP contribution in [0, 0.1) is 23.7 Å². The zero-order chi connectivity index (χ0) is 17.7. The van der Waals surface area contributed by atoms with Crippen molar-refractivity contribution in [1.82, 2.24) is 4.90 Å². The Bertz CT molecular complexity index is 564. The molecule has 0 saturated heterocycles. The van der Waals surface area contributed by atoms with Gasteiger partial charge in [-0.25, -0.2) is 0 Å². The van der Waals surface area contributed by atoms with E-state index in [1.165, 1.54) is 50.9 Å². The molecule has 4 aliphatic carbocycles. The number of carbonyl (C=O) groups is 2. The molecule has 4 saturated carbocycles. The smallest absolute Gasteiger partial charge is 0.303 e. The average molecular weight is 365 g/mol. The minimum atomic E-state index is -0.946. The van der Waals surface area contributed by atoms with E-state index in [9.17, 15) is 14.7 Å². The molecule has 0 spiro atoms. The molecule has 0 aromatic rings. The van der Waals surface area contributed by atoms with Crippen LogP contribution in [0.4, 0.5) is 0 Å². The number of thioether (sulfide) groups is 1. The Labute approximate surface area is 153 Å². The quantitative estimate of drug-likeness (QED) is 0.615. The van der Waals surface area contributed by atoms with Crippen molar-refractivity contribution < 1.29 is 19.4 Å². The Hall–Kier alpha value is -1.01. The van der Waals surface area contributed by atoms with Crippen molar-refractivity contribution in [1.29, 1.82) is 0 Å². The molecule has 3 unspecified atom stereocenters. The van der Waals surface area contributed by atoms with E-state index in [1.54, 1.807) is 23.9 Å². The molecule has 138 valence electrons. The standard InChI is InChI=1S/C19H27NO4S/c1-10(21)20-17(23)4-3-16(24-11(2)22)19(20)25-18-14-6-12-5-13(8-14)9-15(18)7-12/h3-4,12-19,23H,5-9H2,1-2H3. The number of esters is 1. The van der Waals surface area contributed by atoms with Gasteiger partial charge in [-0.2, -0.15) is 0 Å². The van der Waals surface area contributed by atoms with Crippen LogP contribution in [0.1, 0.15) is 46.0 Å². The summed E-state index contributed by atoms with van der Waals surface area (Å²) < 4.78 is 5.47. The molecule has 25 heavy (non-hydrogen) atoms. The van der Waals surface area contributed by atoms with Crippen LogP contribution in [0.3, 0.4) is 0 Å². The minimum Gasteiger partial charge on any atom is -0.455 e. The minimum absolute atomic E-state index is 0.185. The molecule has 0 aromatic heterocycles. The molecule has 5 rings (SSSR count). The molecule has 1 aliphatic heterocycles. The SMILES string of the molecule is CC(=O)OC1C=CC(O)N(C(C)=O)C1SC1C2CC3CC(C2)CC1C3. The number of hydrogen-bond acceptors (Lipinski definition) is 5. The molecule has 3 atom stereocenters. The largest absolute Gasteiger partial charge is 0.455 e. The molecule has 0 radical (unpaired) electrons. The predicted octanol–water partition coefficient (Wildman–Crippen LogP) is 2.54. The number of hydrogen-bond donors (Lipinski definition) is 1. The van der Waals surface area contributed by atoms with Crippen molar-refractivity contribution in [2.75, 3.05) is 0 Å². The van der Waals surface area contributed by atoms with E-state index in [0.717, 1.165) is 11.8 Å². The molecular formula is C19H27NO4S. The Balaban J connectivity index is 1.57. The number of ether oxygens (including phenoxy) is 1. The lowest BCUT2D eigenvalue weighted by Gasteiger charge is -2.55. The van der Waals surface area contributed by atoms with Gasteiger partial charge in [-0.3, -0.25) is 14.5 Å². The lowest BCUT2D eigenvalue weighted by molar-refractivity contribution is -0.153. The van der Waals surface area contributed by atoms with Crippen molar-refractivity contribution in [3.8, 4) is 0 Å². The summed E-state index contributed by atoms with van der Waals surface area (Å²) >= 11 is 1.76. The van der Waals surface area contributed by atoms with E-state index in [-0.39, 0.29) is 17.3 Å². The van der Waals surface area contributed by atoms with Gasteiger partial charge in [0.2, 0.25) is 5.91 Å². The van der Waals surface area contributed by atoms with Crippen LogP contribution in [0.15, 0.2) is 12.2 Å². The van der Waals surface area contributed by atoms with Crippen LogP contribution in [0.2, 0.25) is 0 Å². The van der Waals surface area contributed by atoms with Crippen LogP contribution >= 0.6 is 11.8 Å². The topological polar surface area (TPSA) is 66.8 Å². The number of nitrogens with zero attached hydrogens (tertiary/aromatic N) is 1. The number of carbonyl (C=O) groups excluding carboxylic acids is 2. The molecule has 5 aliphatic rings. The van der Waals surface area contributed by atoms with E-state index < -0.39 is 12.3 Å². The van der Waals surface area contributed by atoms with Crippen molar-refractivity contribution in [2.45, 2.75) is 68.9 Å². The fourth-order valence-electron chi connectivity index (χ4n) is 5.76. The van der Waals surface area contributed by atoms with Crippen LogP contribution in [-0.4, -0.2) is 44.8 Å². The van der Waals surface area contributed by atoms with Crippen LogP contribution in [0.5, 0.6) is 0 Å². The van der Waals surface area contributed by atoms with E-state index in [2.05, 4.69) is 0 Å². The first-order valence-corrected chi connectivity index (χ1v) is 10.3. The number of aliphatic hydroxyl groups excluding tert-OH is 1. The number of rotatable bonds is 3. The molecule has 4 bridgehead atoms. The van der Waals surface area contributed by atoms with Crippen LogP contribution in [-0.2, 0) is 14.3 Å². The highest BCUT2D eigenvalue weighted by Gasteiger charge is 2.50. The highest BCUT2D eigenvalue weighted by Crippen LogP contribution is 2.58. The lowest BCUT2D eigenvalue weighted by Crippen LogP contribution is -2.55. The Morgan fingerprint density at radius 2 is 1.64 bits per heavy atom. The summed E-state index contributed by atoms with van der Waals surface area (Å²) in [7, 11) is 0. The fraction of sp³-hybridized carbons (Fsp3) is 0.789. The van der Waals surface area contributed by atoms with Gasteiger partial charge >= 0.3 is 5.97 Å². The summed E-state index contributed by atoms with van der Waals surface area (Å²) in [6.07, 6.45) is 8.45. The fourth-order valence-corrected chi connectivity index (χ4v) is 7.68. The van der Waals surface area contributed by atoms with Crippen LogP contribution < -0.4 is 0 Å². The van der Waals surface area contributed by atoms with Crippen molar-refractivity contribution >= 4 is 23.6 Å². The molecule has 1 N–H and O–H groups in total. The number of amides is 1. The Morgan fingerprint density at radius 3 is 2.16 bits per heavy atom. The maximum atomic E-state index is 12.2. The van der Waals surface area contributed by atoms with E-state index in [4.69, 9.17) is 4.74 Å². The third-order valence-electron chi connectivity index (χ3n) is 6.42. The van der Waals surface area contributed by atoms with Gasteiger partial charge in [0, 0.05) is 19.1 Å². The zero-order valence-corrected chi connectivity index (χ0v) is 15.7. The zero-order valence-electron chi connectivity index (χ0n) is 14.8. The first-order valence-electron chi connectivity index (χ1n) is 9.40. The molecule has 1 amide bonds. The van der Waals surface area contributed by atoms with Crippen molar-refractivity contribution in [3.05, 3.63) is 12.2 Å². The molecule has 0 aromatic carbocycles. The van der Waals surface area contributed by atoms with Crippen LogP contribution in [0.25, 0.3) is 0 Å². The van der Waals surface area contributed by atoms with Crippen molar-refractivity contribution in [2.24, 2.45) is 23.7 Å². The van der Waals surface area contributed by atoms with Gasteiger partial charge in [0.15, 0.2) is 0 Å². The van der Waals surface area contributed by atoms with Gasteiger partial charge in [0.05, 0.1) is 0 Å². The summed E-state index contributed by atoms with van der Waals surface area (Å²) in [6.45, 7) is 2.86. The predicted molar refractivity (Wildman–Crippen MR) is 95.4 cm³/mol. The second kappa shape index (κ2) is 6.62. The summed E-state index contributed by atoms with van der Waals surface area (Å²) in [5.74, 6) is 2.65. The van der Waals surface area contributed by atoms with Gasteiger partial charge in [0.25, 0.3) is 0 Å². The molecule has 4 fully saturated rings.